The van der Waals surface area contributed by atoms with E-state index in [-0.39, 0.29) is 36.0 Å². The quantitative estimate of drug-likeness (QED) is 0.696. The lowest BCUT2D eigenvalue weighted by molar-refractivity contribution is -0.133. The van der Waals surface area contributed by atoms with Crippen molar-refractivity contribution in [2.45, 2.75) is 18.5 Å². The Labute approximate surface area is 112 Å². The largest absolute Gasteiger partial charge is 0.326 e. The van der Waals surface area contributed by atoms with E-state index in [0.29, 0.717) is 6.42 Å². The summed E-state index contributed by atoms with van der Waals surface area (Å²) in [5.74, 6) is 4.05. The fraction of sp³-hybridized carbons (Fsp3) is 0.727. The number of nitrogens with zero attached hydrogens (tertiary/aromatic N) is 1. The second-order valence-electron chi connectivity index (χ2n) is 4.50. The van der Waals surface area contributed by atoms with Crippen molar-refractivity contribution in [3.63, 3.8) is 0 Å². The molecule has 0 spiro atoms. The van der Waals surface area contributed by atoms with E-state index >= 15 is 0 Å². The van der Waals surface area contributed by atoms with Crippen LogP contribution in [0.4, 0.5) is 0 Å². The van der Waals surface area contributed by atoms with E-state index in [2.05, 4.69) is 11.2 Å². The van der Waals surface area contributed by atoms with Gasteiger partial charge in [0.25, 0.3) is 0 Å². The summed E-state index contributed by atoms with van der Waals surface area (Å²) in [6.45, 7) is 0.182. The van der Waals surface area contributed by atoms with Crippen LogP contribution in [0.3, 0.4) is 0 Å². The van der Waals surface area contributed by atoms with Crippen LogP contribution in [0.1, 0.15) is 6.42 Å². The van der Waals surface area contributed by atoms with Crippen molar-refractivity contribution in [3.05, 3.63) is 0 Å². The summed E-state index contributed by atoms with van der Waals surface area (Å²) in [5.41, 5.74) is 0. The Kier molecular flexibility index (Phi) is 4.20. The first-order chi connectivity index (χ1) is 8.53. The maximum atomic E-state index is 12.3. The van der Waals surface area contributed by atoms with Crippen molar-refractivity contribution < 1.29 is 13.2 Å². The SMILES string of the molecule is C#CCN(C(=O)C1CSCN1)C1CCS(=O)(=O)C1. The molecule has 2 fully saturated rings. The number of rotatable bonds is 3. The van der Waals surface area contributed by atoms with Gasteiger partial charge in [-0.3, -0.25) is 10.1 Å². The molecule has 0 aromatic heterocycles. The molecule has 0 aliphatic carbocycles. The Balaban J connectivity index is 2.08. The first-order valence-electron chi connectivity index (χ1n) is 5.79. The minimum atomic E-state index is -3.00. The molecule has 2 unspecified atom stereocenters. The third-order valence-electron chi connectivity index (χ3n) is 3.21. The van der Waals surface area contributed by atoms with Crippen molar-refractivity contribution in [1.29, 1.82) is 0 Å². The van der Waals surface area contributed by atoms with Gasteiger partial charge in [0, 0.05) is 17.7 Å². The van der Waals surface area contributed by atoms with Crippen LogP contribution in [0.2, 0.25) is 0 Å². The lowest BCUT2D eigenvalue weighted by Gasteiger charge is -2.28. The number of amides is 1. The van der Waals surface area contributed by atoms with E-state index in [1.54, 1.807) is 16.7 Å². The van der Waals surface area contributed by atoms with Crippen LogP contribution in [0.15, 0.2) is 0 Å². The van der Waals surface area contributed by atoms with Gasteiger partial charge in [-0.2, -0.15) is 0 Å². The van der Waals surface area contributed by atoms with Crippen LogP contribution < -0.4 is 5.32 Å². The number of terminal acetylenes is 1. The molecule has 1 amide bonds. The number of carbonyl (C=O) groups is 1. The van der Waals surface area contributed by atoms with E-state index in [0.717, 1.165) is 11.6 Å². The van der Waals surface area contributed by atoms with Crippen molar-refractivity contribution in [3.8, 4) is 12.3 Å². The number of thioether (sulfide) groups is 1. The van der Waals surface area contributed by atoms with E-state index in [1.165, 1.54) is 0 Å². The van der Waals surface area contributed by atoms with Crippen molar-refractivity contribution in [2.24, 2.45) is 0 Å². The van der Waals surface area contributed by atoms with E-state index in [4.69, 9.17) is 6.42 Å². The number of sulfone groups is 1. The predicted molar refractivity (Wildman–Crippen MR) is 71.9 cm³/mol. The molecule has 1 N–H and O–H groups in total. The van der Waals surface area contributed by atoms with Crippen LogP contribution in [0, 0.1) is 12.3 Å². The minimum Gasteiger partial charge on any atom is -0.326 e. The fourth-order valence-corrected chi connectivity index (χ4v) is 4.92. The lowest BCUT2D eigenvalue weighted by atomic mass is 10.2. The van der Waals surface area contributed by atoms with Gasteiger partial charge in [-0.1, -0.05) is 5.92 Å². The Morgan fingerprint density at radius 2 is 2.33 bits per heavy atom. The summed E-state index contributed by atoms with van der Waals surface area (Å²) in [6.07, 6.45) is 5.78. The third kappa shape index (κ3) is 2.99. The van der Waals surface area contributed by atoms with Gasteiger partial charge in [0.1, 0.15) is 0 Å². The van der Waals surface area contributed by atoms with Crippen molar-refractivity contribution in [1.82, 2.24) is 10.2 Å². The summed E-state index contributed by atoms with van der Waals surface area (Å²) in [7, 11) is -3.00. The van der Waals surface area contributed by atoms with Crippen LogP contribution >= 0.6 is 11.8 Å². The zero-order valence-corrected chi connectivity index (χ0v) is 11.6. The zero-order valence-electron chi connectivity index (χ0n) is 9.96. The van der Waals surface area contributed by atoms with Gasteiger partial charge in [-0.25, -0.2) is 8.42 Å². The molecule has 2 rings (SSSR count). The molecule has 0 aromatic carbocycles. The molecule has 2 heterocycles. The summed E-state index contributed by atoms with van der Waals surface area (Å²) in [5, 5.41) is 3.09. The molecule has 0 aromatic rings. The molecule has 0 radical (unpaired) electrons. The fourth-order valence-electron chi connectivity index (χ4n) is 2.26. The average molecular weight is 288 g/mol. The van der Waals surface area contributed by atoms with Gasteiger partial charge in [-0.05, 0) is 6.42 Å². The monoisotopic (exact) mass is 288 g/mol. The Hall–Kier alpha value is -0.710. The van der Waals surface area contributed by atoms with Gasteiger partial charge >= 0.3 is 0 Å². The number of hydrogen-bond donors (Lipinski definition) is 1. The molecule has 2 aliphatic heterocycles. The number of hydrogen-bond acceptors (Lipinski definition) is 5. The highest BCUT2D eigenvalue weighted by Gasteiger charge is 2.37. The predicted octanol–water partition coefficient (Wildman–Crippen LogP) is -0.702. The molecule has 18 heavy (non-hydrogen) atoms. The maximum Gasteiger partial charge on any atom is 0.241 e. The molecule has 100 valence electrons. The third-order valence-corrected chi connectivity index (χ3v) is 5.90. The summed E-state index contributed by atoms with van der Waals surface area (Å²) in [6, 6.07) is -0.488. The smallest absolute Gasteiger partial charge is 0.241 e. The van der Waals surface area contributed by atoms with Crippen LogP contribution in [0.25, 0.3) is 0 Å². The Morgan fingerprint density at radius 1 is 1.56 bits per heavy atom. The first kappa shape index (κ1) is 13.7. The van der Waals surface area contributed by atoms with Gasteiger partial charge in [0.2, 0.25) is 5.91 Å². The molecule has 5 nitrogen and oxygen atoms in total. The summed E-state index contributed by atoms with van der Waals surface area (Å²) >= 11 is 1.66. The van der Waals surface area contributed by atoms with E-state index in [9.17, 15) is 13.2 Å². The molecular formula is C11H16N2O3S2. The van der Waals surface area contributed by atoms with Crippen molar-refractivity contribution in [2.75, 3.05) is 29.7 Å². The van der Waals surface area contributed by atoms with Gasteiger partial charge < -0.3 is 4.90 Å². The second-order valence-corrected chi connectivity index (χ2v) is 7.76. The number of nitrogens with one attached hydrogen (secondary N) is 1. The lowest BCUT2D eigenvalue weighted by Crippen LogP contribution is -2.50. The van der Waals surface area contributed by atoms with E-state index in [1.807, 2.05) is 0 Å². The van der Waals surface area contributed by atoms with Gasteiger partial charge in [0.05, 0.1) is 24.1 Å². The number of carbonyl (C=O) groups excluding carboxylic acids is 1. The van der Waals surface area contributed by atoms with E-state index < -0.39 is 9.84 Å². The normalized spacial score (nSPS) is 29.9. The summed E-state index contributed by atoms with van der Waals surface area (Å²) in [4.78, 5) is 13.8. The Bertz CT molecular complexity index is 463. The molecule has 2 saturated heterocycles. The highest BCUT2D eigenvalue weighted by Crippen LogP contribution is 2.20. The highest BCUT2D eigenvalue weighted by atomic mass is 32.2. The molecule has 0 bridgehead atoms. The highest BCUT2D eigenvalue weighted by molar-refractivity contribution is 7.99. The Morgan fingerprint density at radius 3 is 2.83 bits per heavy atom. The van der Waals surface area contributed by atoms with Crippen LogP contribution in [-0.4, -0.2) is 61.0 Å². The average Bonchev–Trinajstić information content (AvgIpc) is 2.94. The zero-order chi connectivity index (χ0) is 13.2. The van der Waals surface area contributed by atoms with Gasteiger partial charge in [0.15, 0.2) is 9.84 Å². The first-order valence-corrected chi connectivity index (χ1v) is 8.76. The standard InChI is InChI=1S/C11H16N2O3S2/c1-2-4-13(9-3-5-18(15,16)7-9)11(14)10-6-17-8-12-10/h1,9-10,12H,3-8H2. The van der Waals surface area contributed by atoms with Gasteiger partial charge in [-0.15, -0.1) is 18.2 Å². The minimum absolute atomic E-state index is 0.0419. The molecule has 2 aliphatic rings. The topological polar surface area (TPSA) is 66.5 Å². The molecule has 0 saturated carbocycles. The molecule has 2 atom stereocenters. The van der Waals surface area contributed by atoms with Crippen LogP contribution in [0.5, 0.6) is 0 Å². The van der Waals surface area contributed by atoms with Crippen LogP contribution in [-0.2, 0) is 14.6 Å². The molecular weight excluding hydrogens is 272 g/mol. The summed E-state index contributed by atoms with van der Waals surface area (Å²) < 4.78 is 23.0. The van der Waals surface area contributed by atoms with Crippen molar-refractivity contribution >= 4 is 27.5 Å². The second kappa shape index (κ2) is 5.51. The maximum absolute atomic E-state index is 12.3. The molecule has 7 heteroatoms.